The number of thioether (sulfide) groups is 1. The number of furan rings is 1. The van der Waals surface area contributed by atoms with E-state index in [0.717, 1.165) is 25.0 Å². The number of hydrogen-bond acceptors (Lipinski definition) is 9. The molecule has 1 amide bonds. The van der Waals surface area contributed by atoms with Crippen molar-refractivity contribution in [3.05, 3.63) is 76.5 Å². The Hall–Kier alpha value is -4.25. The van der Waals surface area contributed by atoms with Crippen LogP contribution < -0.4 is 9.64 Å². The Bertz CT molecular complexity index is 1470. The molecule has 1 aliphatic rings. The van der Waals surface area contributed by atoms with Crippen LogP contribution >= 0.6 is 11.8 Å². The van der Waals surface area contributed by atoms with Gasteiger partial charge in [0, 0.05) is 35.9 Å². The van der Waals surface area contributed by atoms with Gasteiger partial charge in [0.2, 0.25) is 23.2 Å². The van der Waals surface area contributed by atoms with Crippen LogP contribution in [0.1, 0.15) is 45.1 Å². The molecule has 1 atom stereocenters. The molecule has 11 heteroatoms. The van der Waals surface area contributed by atoms with Gasteiger partial charge in [-0.05, 0) is 36.8 Å². The number of rotatable bonds is 8. The number of carbonyl (C=O) groups is 1. The topological polar surface area (TPSA) is 124 Å². The third-order valence-electron chi connectivity index (χ3n) is 6.06. The predicted octanol–water partition coefficient (Wildman–Crippen LogP) is 6.43. The standard InChI is InChI=1S/C27H25N5O5S/c1-3-4-7-16-38-27-28-25-24(29-30-27)20-8-5-6-9-21(20)31(17(2)33)26(37-25)23-15-14-22(36-23)18-10-12-19(13-11-18)32(34)35/h5-6,8-15,26H,3-4,7,16H2,1-2H3. The van der Waals surface area contributed by atoms with Gasteiger partial charge in [0.1, 0.15) is 5.76 Å². The van der Waals surface area contributed by atoms with Crippen molar-refractivity contribution in [3.8, 4) is 28.5 Å². The molecule has 0 fully saturated rings. The van der Waals surface area contributed by atoms with Crippen LogP contribution in [-0.2, 0) is 4.79 Å². The minimum atomic E-state index is -0.962. The second-order valence-corrected chi connectivity index (χ2v) is 9.75. The van der Waals surface area contributed by atoms with Crippen LogP contribution in [0.25, 0.3) is 22.6 Å². The third-order valence-corrected chi connectivity index (χ3v) is 6.99. The maximum atomic E-state index is 13.0. The van der Waals surface area contributed by atoms with Crippen molar-refractivity contribution in [1.82, 2.24) is 15.2 Å². The lowest BCUT2D eigenvalue weighted by molar-refractivity contribution is -0.384. The first kappa shape index (κ1) is 25.4. The van der Waals surface area contributed by atoms with Gasteiger partial charge in [0.15, 0.2) is 11.5 Å². The van der Waals surface area contributed by atoms with Gasteiger partial charge in [0.25, 0.3) is 5.69 Å². The van der Waals surface area contributed by atoms with Gasteiger partial charge in [-0.2, -0.15) is 4.98 Å². The Morgan fingerprint density at radius 1 is 1.08 bits per heavy atom. The fraction of sp³-hybridized carbons (Fsp3) is 0.259. The third kappa shape index (κ3) is 5.10. The Morgan fingerprint density at radius 3 is 2.61 bits per heavy atom. The van der Waals surface area contributed by atoms with E-state index in [1.54, 1.807) is 24.3 Å². The van der Waals surface area contributed by atoms with Crippen molar-refractivity contribution in [2.24, 2.45) is 0 Å². The maximum Gasteiger partial charge on any atom is 0.269 e. The maximum absolute atomic E-state index is 13.0. The molecule has 0 bridgehead atoms. The summed E-state index contributed by atoms with van der Waals surface area (Å²) in [5.74, 6) is 1.71. The molecule has 5 rings (SSSR count). The van der Waals surface area contributed by atoms with Crippen LogP contribution in [-0.4, -0.2) is 31.8 Å². The lowest BCUT2D eigenvalue weighted by Crippen LogP contribution is -2.35. The lowest BCUT2D eigenvalue weighted by atomic mass is 10.1. The van der Waals surface area contributed by atoms with E-state index in [2.05, 4.69) is 22.1 Å². The zero-order valence-electron chi connectivity index (χ0n) is 20.9. The summed E-state index contributed by atoms with van der Waals surface area (Å²) in [5.41, 5.74) is 2.34. The Kier molecular flexibility index (Phi) is 7.36. The number of ether oxygens (including phenoxy) is 1. The van der Waals surface area contributed by atoms with Gasteiger partial charge < -0.3 is 9.15 Å². The Morgan fingerprint density at radius 2 is 1.87 bits per heavy atom. The summed E-state index contributed by atoms with van der Waals surface area (Å²) in [6.07, 6.45) is 2.33. The van der Waals surface area contributed by atoms with Gasteiger partial charge in [0.05, 0.1) is 10.6 Å². The fourth-order valence-corrected chi connectivity index (χ4v) is 4.98. The first-order chi connectivity index (χ1) is 18.5. The quantitative estimate of drug-likeness (QED) is 0.109. The van der Waals surface area contributed by atoms with Gasteiger partial charge in [-0.3, -0.25) is 19.8 Å². The summed E-state index contributed by atoms with van der Waals surface area (Å²) in [4.78, 5) is 29.7. The summed E-state index contributed by atoms with van der Waals surface area (Å²) in [6, 6.07) is 16.9. The first-order valence-electron chi connectivity index (χ1n) is 12.2. The van der Waals surface area contributed by atoms with E-state index in [9.17, 15) is 14.9 Å². The number of hydrogen-bond donors (Lipinski definition) is 0. The molecule has 10 nitrogen and oxygen atoms in total. The number of carbonyl (C=O) groups excluding carboxylic acids is 1. The summed E-state index contributed by atoms with van der Waals surface area (Å²) in [6.45, 7) is 3.61. The predicted molar refractivity (Wildman–Crippen MR) is 143 cm³/mol. The second-order valence-electron chi connectivity index (χ2n) is 8.69. The average Bonchev–Trinajstić information content (AvgIpc) is 3.36. The van der Waals surface area contributed by atoms with Crippen molar-refractivity contribution >= 4 is 29.0 Å². The van der Waals surface area contributed by atoms with Crippen LogP contribution in [0.3, 0.4) is 0 Å². The Labute approximate surface area is 223 Å². The molecule has 0 spiro atoms. The molecule has 1 aliphatic heterocycles. The molecule has 194 valence electrons. The monoisotopic (exact) mass is 531 g/mol. The number of unbranched alkanes of at least 4 members (excludes halogenated alkanes) is 2. The zero-order chi connectivity index (χ0) is 26.6. The van der Waals surface area contributed by atoms with Crippen LogP contribution in [0.4, 0.5) is 11.4 Å². The normalized spacial score (nSPS) is 14.3. The average molecular weight is 532 g/mol. The number of nitro benzene ring substituents is 1. The SMILES string of the molecule is CCCCCSc1nnc2c(n1)OC(c1ccc(-c3ccc([N+](=O)[O-])cc3)o1)N(C(C)=O)c1ccccc1-2. The van der Waals surface area contributed by atoms with E-state index in [4.69, 9.17) is 9.15 Å². The number of benzene rings is 2. The highest BCUT2D eigenvalue weighted by molar-refractivity contribution is 7.99. The van der Waals surface area contributed by atoms with Gasteiger partial charge in [-0.1, -0.05) is 49.7 Å². The molecule has 0 N–H and O–H groups in total. The molecule has 0 saturated carbocycles. The number of fused-ring (bicyclic) bond motifs is 3. The molecule has 2 aromatic carbocycles. The van der Waals surface area contributed by atoms with Crippen LogP contribution in [0.5, 0.6) is 5.88 Å². The number of amides is 1. The molecular weight excluding hydrogens is 506 g/mol. The number of anilines is 1. The molecule has 0 aliphatic carbocycles. The van der Waals surface area contributed by atoms with Crippen molar-refractivity contribution in [2.75, 3.05) is 10.7 Å². The van der Waals surface area contributed by atoms with E-state index < -0.39 is 11.2 Å². The first-order valence-corrected chi connectivity index (χ1v) is 13.2. The van der Waals surface area contributed by atoms with E-state index in [1.165, 1.54) is 35.7 Å². The molecule has 0 saturated heterocycles. The van der Waals surface area contributed by atoms with Gasteiger partial charge >= 0.3 is 0 Å². The highest BCUT2D eigenvalue weighted by Gasteiger charge is 2.36. The largest absolute Gasteiger partial charge is 0.455 e. The summed E-state index contributed by atoms with van der Waals surface area (Å²) < 4.78 is 12.5. The van der Waals surface area contributed by atoms with Crippen molar-refractivity contribution in [1.29, 1.82) is 0 Å². The Balaban J connectivity index is 1.54. The number of non-ortho nitro benzene ring substituents is 1. The van der Waals surface area contributed by atoms with Gasteiger partial charge in [-0.15, -0.1) is 10.2 Å². The number of aromatic nitrogens is 3. The second kappa shape index (κ2) is 11.0. The molecule has 3 heterocycles. The van der Waals surface area contributed by atoms with E-state index in [1.807, 2.05) is 24.3 Å². The number of nitro groups is 1. The molecule has 38 heavy (non-hydrogen) atoms. The van der Waals surface area contributed by atoms with Crippen LogP contribution in [0.15, 0.2) is 70.2 Å². The lowest BCUT2D eigenvalue weighted by Gasteiger charge is -2.28. The minimum absolute atomic E-state index is 0.0147. The summed E-state index contributed by atoms with van der Waals surface area (Å²) >= 11 is 1.51. The van der Waals surface area contributed by atoms with Crippen LogP contribution in [0, 0.1) is 10.1 Å². The molecular formula is C27H25N5O5S. The van der Waals surface area contributed by atoms with Crippen molar-refractivity contribution in [3.63, 3.8) is 0 Å². The minimum Gasteiger partial charge on any atom is -0.455 e. The summed E-state index contributed by atoms with van der Waals surface area (Å²) in [7, 11) is 0. The molecule has 2 aromatic heterocycles. The van der Waals surface area contributed by atoms with Crippen molar-refractivity contribution in [2.45, 2.75) is 44.5 Å². The summed E-state index contributed by atoms with van der Waals surface area (Å²) in [5, 5.41) is 20.3. The van der Waals surface area contributed by atoms with E-state index >= 15 is 0 Å². The molecule has 4 aromatic rings. The highest BCUT2D eigenvalue weighted by atomic mass is 32.2. The van der Waals surface area contributed by atoms with E-state index in [-0.39, 0.29) is 17.5 Å². The smallest absolute Gasteiger partial charge is 0.269 e. The highest BCUT2D eigenvalue weighted by Crippen LogP contribution is 2.44. The zero-order valence-corrected chi connectivity index (χ0v) is 21.7. The van der Waals surface area contributed by atoms with Crippen molar-refractivity contribution < 1.29 is 18.9 Å². The fourth-order valence-electron chi connectivity index (χ4n) is 4.20. The number of nitrogens with zero attached hydrogens (tertiary/aromatic N) is 5. The van der Waals surface area contributed by atoms with E-state index in [0.29, 0.717) is 39.2 Å². The molecule has 1 unspecified atom stereocenters. The van der Waals surface area contributed by atoms with Gasteiger partial charge in [-0.25, -0.2) is 0 Å². The number of para-hydroxylation sites is 1. The molecule has 0 radical (unpaired) electrons. The van der Waals surface area contributed by atoms with Crippen LogP contribution in [0.2, 0.25) is 0 Å².